The highest BCUT2D eigenvalue weighted by Crippen LogP contribution is 2.18. The van der Waals surface area contributed by atoms with E-state index in [9.17, 15) is 9.59 Å². The Balaban J connectivity index is 1.55. The van der Waals surface area contributed by atoms with Crippen molar-refractivity contribution in [3.05, 3.63) is 63.1 Å². The molecular formula is C19H20N4O2S2. The van der Waals surface area contributed by atoms with Crippen LogP contribution in [0.3, 0.4) is 0 Å². The number of hydrogen-bond donors (Lipinski definition) is 1. The number of rotatable bonds is 7. The highest BCUT2D eigenvalue weighted by atomic mass is 32.1. The van der Waals surface area contributed by atoms with E-state index < -0.39 is 0 Å². The molecular weight excluding hydrogens is 380 g/mol. The lowest BCUT2D eigenvalue weighted by atomic mass is 10.2. The molecule has 3 aromatic rings. The normalized spacial score (nSPS) is 10.6. The fraction of sp³-hybridized carbons (Fsp3) is 0.263. The molecule has 27 heavy (non-hydrogen) atoms. The third-order valence-electron chi connectivity index (χ3n) is 3.87. The summed E-state index contributed by atoms with van der Waals surface area (Å²) < 4.78 is 0. The van der Waals surface area contributed by atoms with Gasteiger partial charge in [0.1, 0.15) is 0 Å². The Kier molecular flexibility index (Phi) is 6.31. The first-order chi connectivity index (χ1) is 13.0. The van der Waals surface area contributed by atoms with Crippen LogP contribution in [0, 0.1) is 0 Å². The number of benzene rings is 1. The maximum atomic E-state index is 12.4. The molecule has 1 aromatic carbocycles. The highest BCUT2D eigenvalue weighted by molar-refractivity contribution is 7.14. The molecule has 140 valence electrons. The van der Waals surface area contributed by atoms with E-state index in [1.807, 2.05) is 23.6 Å². The Labute approximate surface area is 165 Å². The molecule has 0 unspecified atom stereocenters. The average Bonchev–Trinajstić information content (AvgIpc) is 3.31. The van der Waals surface area contributed by atoms with Crippen molar-refractivity contribution < 1.29 is 9.59 Å². The van der Waals surface area contributed by atoms with Crippen LogP contribution < -0.4 is 5.32 Å². The van der Waals surface area contributed by atoms with Crippen LogP contribution in [0.25, 0.3) is 0 Å². The average molecular weight is 401 g/mol. The van der Waals surface area contributed by atoms with E-state index in [1.54, 1.807) is 40.8 Å². The molecule has 2 aromatic heterocycles. The van der Waals surface area contributed by atoms with Crippen molar-refractivity contribution in [1.82, 2.24) is 14.9 Å². The lowest BCUT2D eigenvalue weighted by Crippen LogP contribution is -2.28. The molecule has 0 aliphatic heterocycles. The highest BCUT2D eigenvalue weighted by Gasteiger charge is 2.15. The van der Waals surface area contributed by atoms with Gasteiger partial charge in [-0.2, -0.15) is 0 Å². The van der Waals surface area contributed by atoms with Crippen molar-refractivity contribution in [3.63, 3.8) is 0 Å². The van der Waals surface area contributed by atoms with Crippen molar-refractivity contribution in [2.24, 2.45) is 0 Å². The van der Waals surface area contributed by atoms with Gasteiger partial charge in [-0.25, -0.2) is 9.97 Å². The Morgan fingerprint density at radius 3 is 2.52 bits per heavy atom. The standard InChI is InChI=1S/C19H20N4O2S2/c1-3-16-20-15(12-26-16)10-23(2)17(24)9-14-11-27-19(21-14)22-18(25)13-7-5-4-6-8-13/h4-8,11-12H,3,9-10H2,1-2H3,(H,21,22,25). The molecule has 2 heterocycles. The van der Waals surface area contributed by atoms with Crippen molar-refractivity contribution in [2.75, 3.05) is 12.4 Å². The summed E-state index contributed by atoms with van der Waals surface area (Å²) in [7, 11) is 1.76. The smallest absolute Gasteiger partial charge is 0.257 e. The number of anilines is 1. The summed E-state index contributed by atoms with van der Waals surface area (Å²) in [6, 6.07) is 8.95. The second-order valence-electron chi connectivity index (χ2n) is 5.98. The molecule has 0 spiro atoms. The number of thiazole rings is 2. The van der Waals surface area contributed by atoms with Gasteiger partial charge in [-0.05, 0) is 18.6 Å². The Hall–Kier alpha value is -2.58. The van der Waals surface area contributed by atoms with Gasteiger partial charge in [-0.3, -0.25) is 14.9 Å². The quantitative estimate of drug-likeness (QED) is 0.657. The maximum Gasteiger partial charge on any atom is 0.257 e. The van der Waals surface area contributed by atoms with Crippen molar-refractivity contribution >= 4 is 39.6 Å². The van der Waals surface area contributed by atoms with Gasteiger partial charge >= 0.3 is 0 Å². The summed E-state index contributed by atoms with van der Waals surface area (Å²) in [5.41, 5.74) is 2.12. The number of amides is 2. The minimum absolute atomic E-state index is 0.0349. The lowest BCUT2D eigenvalue weighted by molar-refractivity contribution is -0.129. The zero-order valence-electron chi connectivity index (χ0n) is 15.1. The van der Waals surface area contributed by atoms with Gasteiger partial charge in [0.05, 0.1) is 29.4 Å². The zero-order valence-corrected chi connectivity index (χ0v) is 16.8. The van der Waals surface area contributed by atoms with Gasteiger partial charge in [0.25, 0.3) is 5.91 Å². The lowest BCUT2D eigenvalue weighted by Gasteiger charge is -2.15. The van der Waals surface area contributed by atoms with E-state index in [2.05, 4.69) is 22.2 Å². The number of nitrogens with one attached hydrogen (secondary N) is 1. The van der Waals surface area contributed by atoms with Gasteiger partial charge in [-0.15, -0.1) is 22.7 Å². The molecule has 2 amide bonds. The minimum Gasteiger partial charge on any atom is -0.339 e. The molecule has 1 N–H and O–H groups in total. The number of hydrogen-bond acceptors (Lipinski definition) is 6. The van der Waals surface area contributed by atoms with Crippen molar-refractivity contribution in [3.8, 4) is 0 Å². The van der Waals surface area contributed by atoms with Crippen LogP contribution in [-0.2, 0) is 24.2 Å². The number of nitrogens with zero attached hydrogens (tertiary/aromatic N) is 3. The molecule has 0 radical (unpaired) electrons. The Morgan fingerprint density at radius 2 is 1.81 bits per heavy atom. The molecule has 0 atom stereocenters. The molecule has 0 bridgehead atoms. The van der Waals surface area contributed by atoms with E-state index in [1.165, 1.54) is 11.3 Å². The maximum absolute atomic E-state index is 12.4. The van der Waals surface area contributed by atoms with Crippen molar-refractivity contribution in [2.45, 2.75) is 26.3 Å². The summed E-state index contributed by atoms with van der Waals surface area (Å²) in [6.07, 6.45) is 1.09. The molecule has 0 aliphatic carbocycles. The monoisotopic (exact) mass is 400 g/mol. The predicted octanol–water partition coefficient (Wildman–Crippen LogP) is 3.62. The van der Waals surface area contributed by atoms with Gasteiger partial charge in [0, 0.05) is 23.4 Å². The molecule has 0 fully saturated rings. The second-order valence-corrected chi connectivity index (χ2v) is 7.78. The van der Waals surface area contributed by atoms with Gasteiger partial charge < -0.3 is 4.90 Å². The molecule has 6 nitrogen and oxygen atoms in total. The van der Waals surface area contributed by atoms with Gasteiger partial charge in [0.2, 0.25) is 5.91 Å². The molecule has 0 saturated heterocycles. The largest absolute Gasteiger partial charge is 0.339 e. The SMILES string of the molecule is CCc1nc(CN(C)C(=O)Cc2csc(NC(=O)c3ccccc3)n2)cs1. The zero-order chi connectivity index (χ0) is 19.2. The summed E-state index contributed by atoms with van der Waals surface area (Å²) in [4.78, 5) is 35.1. The van der Waals surface area contributed by atoms with E-state index in [0.29, 0.717) is 22.9 Å². The third-order valence-corrected chi connectivity index (χ3v) is 5.72. The summed E-state index contributed by atoms with van der Waals surface area (Å²) in [6.45, 7) is 2.55. The van der Waals surface area contributed by atoms with Crippen LogP contribution in [0.2, 0.25) is 0 Å². The number of likely N-dealkylation sites (N-methyl/N-ethyl adjacent to an activating group) is 1. The summed E-state index contributed by atoms with van der Waals surface area (Å²) in [5, 5.41) is 8.11. The third kappa shape index (κ3) is 5.21. The summed E-state index contributed by atoms with van der Waals surface area (Å²) >= 11 is 2.93. The first-order valence-corrected chi connectivity index (χ1v) is 10.3. The molecule has 0 aliphatic rings. The minimum atomic E-state index is -0.213. The molecule has 0 saturated carbocycles. The van der Waals surface area contributed by atoms with Gasteiger partial charge in [-0.1, -0.05) is 25.1 Å². The van der Waals surface area contributed by atoms with E-state index in [0.717, 1.165) is 17.1 Å². The predicted molar refractivity (Wildman–Crippen MR) is 108 cm³/mol. The van der Waals surface area contributed by atoms with E-state index in [-0.39, 0.29) is 18.2 Å². The topological polar surface area (TPSA) is 75.2 Å². The van der Waals surface area contributed by atoms with Crippen LogP contribution in [0.15, 0.2) is 41.1 Å². The first-order valence-electron chi connectivity index (χ1n) is 8.53. The molecule has 3 rings (SSSR count). The summed E-state index contributed by atoms with van der Waals surface area (Å²) in [5.74, 6) is -0.248. The number of carbonyl (C=O) groups excluding carboxylic acids is 2. The second kappa shape index (κ2) is 8.88. The Bertz CT molecular complexity index is 921. The van der Waals surface area contributed by atoms with Crippen LogP contribution >= 0.6 is 22.7 Å². The van der Waals surface area contributed by atoms with E-state index in [4.69, 9.17) is 0 Å². The van der Waals surface area contributed by atoms with Crippen LogP contribution in [-0.4, -0.2) is 33.7 Å². The van der Waals surface area contributed by atoms with Crippen LogP contribution in [0.5, 0.6) is 0 Å². The number of carbonyl (C=O) groups is 2. The number of aryl methyl sites for hydroxylation is 1. The number of aromatic nitrogens is 2. The van der Waals surface area contributed by atoms with Gasteiger partial charge in [0.15, 0.2) is 5.13 Å². The first kappa shape index (κ1) is 19.2. The fourth-order valence-corrected chi connectivity index (χ4v) is 3.85. The molecule has 8 heteroatoms. The Morgan fingerprint density at radius 1 is 1.07 bits per heavy atom. The fourth-order valence-electron chi connectivity index (χ4n) is 2.41. The van der Waals surface area contributed by atoms with Crippen LogP contribution in [0.4, 0.5) is 5.13 Å². The van der Waals surface area contributed by atoms with Crippen molar-refractivity contribution in [1.29, 1.82) is 0 Å². The van der Waals surface area contributed by atoms with Crippen LogP contribution in [0.1, 0.15) is 33.7 Å². The van der Waals surface area contributed by atoms with E-state index >= 15 is 0 Å².